The lowest BCUT2D eigenvalue weighted by molar-refractivity contribution is -0.161. The number of carbonyl (C=O) groups is 3. The smallest absolute Gasteiger partial charge is 0.472 e. The van der Waals surface area contributed by atoms with Crippen LogP contribution in [0.25, 0.3) is 0 Å². The number of phosphoric ester groups is 1. The number of esters is 2. The van der Waals surface area contributed by atoms with Crippen molar-refractivity contribution in [2.75, 3.05) is 19.8 Å². The summed E-state index contributed by atoms with van der Waals surface area (Å²) in [6.45, 7) is 2.83. The Morgan fingerprint density at radius 3 is 1.26 bits per heavy atom. The number of carboxylic acid groups (broad SMARTS) is 1. The van der Waals surface area contributed by atoms with Gasteiger partial charge in [0.15, 0.2) is 6.10 Å². The van der Waals surface area contributed by atoms with Gasteiger partial charge in [-0.25, -0.2) is 4.57 Å². The fraction of sp³-hybridized carbons (Fsp3) is 0.891. The molecule has 0 amide bonds. The molecule has 0 aliphatic carbocycles. The van der Waals surface area contributed by atoms with Gasteiger partial charge in [-0.2, -0.15) is 0 Å². The summed E-state index contributed by atoms with van der Waals surface area (Å²) in [7, 11) is -4.71. The molecule has 58 heavy (non-hydrogen) atoms. The number of rotatable bonds is 45. The predicted molar refractivity (Wildman–Crippen MR) is 236 cm³/mol. The molecule has 0 heterocycles. The number of carboxylic acids is 1. The first-order valence-corrected chi connectivity index (χ1v) is 25.2. The third-order valence-electron chi connectivity index (χ3n) is 10.5. The van der Waals surface area contributed by atoms with Crippen molar-refractivity contribution in [1.82, 2.24) is 0 Å². The van der Waals surface area contributed by atoms with Gasteiger partial charge >= 0.3 is 25.7 Å². The zero-order valence-corrected chi connectivity index (χ0v) is 38.1. The largest absolute Gasteiger partial charge is 0.480 e. The first-order valence-electron chi connectivity index (χ1n) is 23.7. The van der Waals surface area contributed by atoms with Crippen molar-refractivity contribution in [2.24, 2.45) is 5.73 Å². The summed E-state index contributed by atoms with van der Waals surface area (Å²) < 4.78 is 32.8. The minimum atomic E-state index is -4.71. The highest BCUT2D eigenvalue weighted by Crippen LogP contribution is 2.43. The molecule has 0 fully saturated rings. The average molecular weight is 846 g/mol. The van der Waals surface area contributed by atoms with E-state index in [-0.39, 0.29) is 19.4 Å². The maximum Gasteiger partial charge on any atom is 0.472 e. The molecule has 0 spiro atoms. The van der Waals surface area contributed by atoms with E-state index in [2.05, 4.69) is 30.5 Å². The van der Waals surface area contributed by atoms with Crippen LogP contribution in [0.3, 0.4) is 0 Å². The van der Waals surface area contributed by atoms with Crippen molar-refractivity contribution < 1.29 is 47.5 Å². The van der Waals surface area contributed by atoms with E-state index in [1.54, 1.807) is 0 Å². The highest BCUT2D eigenvalue weighted by Gasteiger charge is 2.28. The fourth-order valence-corrected chi connectivity index (χ4v) is 7.55. The highest BCUT2D eigenvalue weighted by molar-refractivity contribution is 7.47. The standard InChI is InChI=1S/C46H88NO10P/c1-3-5-7-9-11-13-15-17-19-20-21-22-24-26-28-30-32-34-36-38-45(49)57-42(40-55-58(52,53)56-41-43(47)46(50)51)39-54-44(48)37-35-33-31-29-27-25-23-18-16-14-12-10-8-6-4-2/h18,23,42-43H,3-17,19-22,24-41,47H2,1-2H3,(H,50,51)(H,52,53)/b23-18-/t42-,43+/m1/s1. The van der Waals surface area contributed by atoms with E-state index in [4.69, 9.17) is 24.8 Å². The highest BCUT2D eigenvalue weighted by atomic mass is 31.2. The van der Waals surface area contributed by atoms with Crippen LogP contribution < -0.4 is 5.73 Å². The molecule has 0 aromatic carbocycles. The van der Waals surface area contributed by atoms with Gasteiger partial charge < -0.3 is 25.2 Å². The van der Waals surface area contributed by atoms with Crippen molar-refractivity contribution in [3.63, 3.8) is 0 Å². The number of aliphatic carboxylic acids is 1. The summed E-state index contributed by atoms with van der Waals surface area (Å²) in [6.07, 6.45) is 42.7. The number of nitrogens with two attached hydrogens (primary N) is 1. The molecule has 0 saturated carbocycles. The number of ether oxygens (including phenoxy) is 2. The molecule has 0 bridgehead atoms. The fourth-order valence-electron chi connectivity index (χ4n) is 6.77. The normalized spacial score (nSPS) is 13.7. The molecule has 0 aromatic rings. The van der Waals surface area contributed by atoms with Gasteiger partial charge in [0.1, 0.15) is 12.6 Å². The summed E-state index contributed by atoms with van der Waals surface area (Å²) in [6, 6.07) is -1.52. The summed E-state index contributed by atoms with van der Waals surface area (Å²) >= 11 is 0. The molecule has 1 unspecified atom stereocenters. The Morgan fingerprint density at radius 1 is 0.517 bits per heavy atom. The number of phosphoric acid groups is 1. The van der Waals surface area contributed by atoms with E-state index in [1.807, 2.05) is 0 Å². The van der Waals surface area contributed by atoms with Gasteiger partial charge in [0, 0.05) is 12.8 Å². The van der Waals surface area contributed by atoms with Crippen molar-refractivity contribution in [1.29, 1.82) is 0 Å². The second-order valence-corrected chi connectivity index (χ2v) is 17.7. The Balaban J connectivity index is 4.27. The molecule has 3 atom stereocenters. The Kier molecular flexibility index (Phi) is 40.6. The minimum absolute atomic E-state index is 0.166. The third-order valence-corrected chi connectivity index (χ3v) is 11.5. The van der Waals surface area contributed by atoms with Gasteiger partial charge in [-0.1, -0.05) is 193 Å². The lowest BCUT2D eigenvalue weighted by Gasteiger charge is -2.20. The number of hydrogen-bond acceptors (Lipinski definition) is 9. The number of unbranched alkanes of at least 4 members (excludes halogenated alkanes) is 29. The van der Waals surface area contributed by atoms with Gasteiger partial charge in [-0.05, 0) is 38.5 Å². The number of hydrogen-bond donors (Lipinski definition) is 3. The quantitative estimate of drug-likeness (QED) is 0.0230. The second-order valence-electron chi connectivity index (χ2n) is 16.2. The van der Waals surface area contributed by atoms with Crippen LogP contribution in [0.1, 0.15) is 232 Å². The molecule has 0 saturated heterocycles. The summed E-state index contributed by atoms with van der Waals surface area (Å²) in [5, 5.41) is 8.90. The minimum Gasteiger partial charge on any atom is -0.480 e. The topological polar surface area (TPSA) is 172 Å². The predicted octanol–water partition coefficient (Wildman–Crippen LogP) is 12.8. The van der Waals surface area contributed by atoms with Crippen LogP contribution in [0.2, 0.25) is 0 Å². The summed E-state index contributed by atoms with van der Waals surface area (Å²) in [5.41, 5.74) is 5.34. The average Bonchev–Trinajstić information content (AvgIpc) is 3.20. The van der Waals surface area contributed by atoms with Gasteiger partial charge in [0.2, 0.25) is 0 Å². The van der Waals surface area contributed by atoms with Gasteiger partial charge in [0.25, 0.3) is 0 Å². The van der Waals surface area contributed by atoms with Crippen molar-refractivity contribution in [2.45, 2.75) is 244 Å². The molecule has 0 aliphatic heterocycles. The Labute approximate surface area is 354 Å². The van der Waals surface area contributed by atoms with Crippen LogP contribution in [-0.2, 0) is 37.5 Å². The van der Waals surface area contributed by atoms with Crippen molar-refractivity contribution >= 4 is 25.7 Å². The molecule has 0 aromatic heterocycles. The zero-order chi connectivity index (χ0) is 42.8. The molecule has 4 N–H and O–H groups in total. The Bertz CT molecular complexity index is 1040. The molecule has 0 rings (SSSR count). The molecular formula is C46H88NO10P. The molecule has 12 heteroatoms. The summed E-state index contributed by atoms with van der Waals surface area (Å²) in [5.74, 6) is -2.37. The molecular weight excluding hydrogens is 757 g/mol. The molecule has 11 nitrogen and oxygen atoms in total. The van der Waals surface area contributed by atoms with Crippen LogP contribution in [0.5, 0.6) is 0 Å². The maximum atomic E-state index is 12.7. The monoisotopic (exact) mass is 846 g/mol. The van der Waals surface area contributed by atoms with Crippen LogP contribution in [0.15, 0.2) is 12.2 Å². The molecule has 0 radical (unpaired) electrons. The SMILES string of the molecule is CCCCCCCC/C=C\CCCCCCCC(=O)OC[C@H](COP(=O)(O)OC[C@H](N)C(=O)O)OC(=O)CCCCCCCCCCCCCCCCCCCCC. The second kappa shape index (κ2) is 41.9. The van der Waals surface area contributed by atoms with E-state index in [0.29, 0.717) is 12.8 Å². The summed E-state index contributed by atoms with van der Waals surface area (Å²) in [4.78, 5) is 46.0. The van der Waals surface area contributed by atoms with E-state index >= 15 is 0 Å². The molecule has 342 valence electrons. The number of carbonyl (C=O) groups excluding carboxylic acids is 2. The third kappa shape index (κ3) is 41.0. The van der Waals surface area contributed by atoms with Crippen LogP contribution in [0.4, 0.5) is 0 Å². The Hall–Kier alpha value is -1.78. The van der Waals surface area contributed by atoms with Crippen molar-refractivity contribution in [3.8, 4) is 0 Å². The first-order chi connectivity index (χ1) is 28.1. The van der Waals surface area contributed by atoms with E-state index in [1.165, 1.54) is 135 Å². The van der Waals surface area contributed by atoms with Crippen LogP contribution in [-0.4, -0.2) is 59.9 Å². The van der Waals surface area contributed by atoms with Crippen LogP contribution in [0, 0.1) is 0 Å². The number of allylic oxidation sites excluding steroid dienone is 2. The lowest BCUT2D eigenvalue weighted by Crippen LogP contribution is -2.34. The van der Waals surface area contributed by atoms with E-state index in [9.17, 15) is 23.8 Å². The van der Waals surface area contributed by atoms with Crippen LogP contribution >= 0.6 is 7.82 Å². The van der Waals surface area contributed by atoms with Gasteiger partial charge in [-0.3, -0.25) is 23.4 Å². The molecule has 0 aliphatic rings. The Morgan fingerprint density at radius 2 is 0.862 bits per heavy atom. The van der Waals surface area contributed by atoms with Gasteiger partial charge in [0.05, 0.1) is 13.2 Å². The lowest BCUT2D eigenvalue weighted by atomic mass is 10.0. The van der Waals surface area contributed by atoms with Crippen molar-refractivity contribution in [3.05, 3.63) is 12.2 Å². The van der Waals surface area contributed by atoms with Gasteiger partial charge in [-0.15, -0.1) is 0 Å². The van der Waals surface area contributed by atoms with E-state index in [0.717, 1.165) is 57.8 Å². The zero-order valence-electron chi connectivity index (χ0n) is 37.2. The first kappa shape index (κ1) is 56.2. The maximum absolute atomic E-state index is 12.7. The van der Waals surface area contributed by atoms with E-state index < -0.39 is 51.1 Å².